The maximum Gasteiger partial charge on any atom is 0.326 e. The molecule has 0 radical (unpaired) electrons. The Kier molecular flexibility index (Phi) is 11.9. The topological polar surface area (TPSA) is 128 Å². The number of amides is 1. The maximum absolute atomic E-state index is 11.7. The molecule has 0 heterocycles. The third kappa shape index (κ3) is 12.0. The molecule has 0 aliphatic carbocycles. The first-order chi connectivity index (χ1) is 10.5. The van der Waals surface area contributed by atoms with E-state index in [1.165, 1.54) is 19.3 Å². The summed E-state index contributed by atoms with van der Waals surface area (Å²) >= 11 is 0. The number of carbonyl (C=O) groups excluding carboxylic acids is 1. The Morgan fingerprint density at radius 2 is 1.77 bits per heavy atom. The van der Waals surface area contributed by atoms with E-state index in [4.69, 9.17) is 16.2 Å². The summed E-state index contributed by atoms with van der Waals surface area (Å²) in [6.45, 7) is 2.58. The standard InChI is InChI=1S/C15H30N4O3/c1-2-3-4-5-6-7-10-13(20)19-12(14(21)22)9-8-11-18-15(16)17/h12H,2-11H2,1H3,(H,19,20)(H,21,22)(H4,16,17,18)/t12-/m0/s1. The molecule has 0 aliphatic rings. The van der Waals surface area contributed by atoms with Crippen molar-refractivity contribution in [1.82, 2.24) is 10.6 Å². The predicted molar refractivity (Wildman–Crippen MR) is 86.7 cm³/mol. The summed E-state index contributed by atoms with van der Waals surface area (Å²) in [6.07, 6.45) is 7.76. The Balaban J connectivity index is 3.84. The summed E-state index contributed by atoms with van der Waals surface area (Å²) < 4.78 is 0. The molecular weight excluding hydrogens is 284 g/mol. The van der Waals surface area contributed by atoms with E-state index in [0.29, 0.717) is 25.8 Å². The van der Waals surface area contributed by atoms with E-state index in [1.807, 2.05) is 0 Å². The molecule has 1 amide bonds. The minimum absolute atomic E-state index is 0.140. The van der Waals surface area contributed by atoms with Crippen molar-refractivity contribution in [1.29, 1.82) is 5.41 Å². The average molecular weight is 314 g/mol. The summed E-state index contributed by atoms with van der Waals surface area (Å²) in [6, 6.07) is -0.874. The lowest BCUT2D eigenvalue weighted by atomic mass is 10.1. The fraction of sp³-hybridized carbons (Fsp3) is 0.800. The first-order valence-electron chi connectivity index (χ1n) is 8.07. The van der Waals surface area contributed by atoms with Gasteiger partial charge in [-0.2, -0.15) is 0 Å². The van der Waals surface area contributed by atoms with Crippen LogP contribution in [-0.4, -0.2) is 35.5 Å². The SMILES string of the molecule is CCCCCCCCC(=O)N[C@@H](CCCNC(=N)N)C(=O)O. The van der Waals surface area contributed by atoms with Gasteiger partial charge in [-0.05, 0) is 19.3 Å². The highest BCUT2D eigenvalue weighted by Crippen LogP contribution is 2.07. The number of aliphatic carboxylic acids is 1. The number of carboxylic acids is 1. The van der Waals surface area contributed by atoms with Gasteiger partial charge in [-0.15, -0.1) is 0 Å². The third-order valence-corrected chi connectivity index (χ3v) is 3.38. The van der Waals surface area contributed by atoms with Crippen molar-refractivity contribution in [2.24, 2.45) is 5.73 Å². The number of nitrogens with one attached hydrogen (secondary N) is 3. The highest BCUT2D eigenvalue weighted by Gasteiger charge is 2.18. The van der Waals surface area contributed by atoms with Crippen LogP contribution in [-0.2, 0) is 9.59 Å². The van der Waals surface area contributed by atoms with E-state index >= 15 is 0 Å². The molecule has 0 aromatic carbocycles. The molecule has 128 valence electrons. The molecular formula is C15H30N4O3. The zero-order chi connectivity index (χ0) is 16.8. The van der Waals surface area contributed by atoms with Crippen LogP contribution in [0.2, 0.25) is 0 Å². The molecule has 0 bridgehead atoms. The zero-order valence-corrected chi connectivity index (χ0v) is 13.5. The van der Waals surface area contributed by atoms with Gasteiger partial charge in [0.25, 0.3) is 0 Å². The minimum atomic E-state index is -1.03. The molecule has 0 aliphatic heterocycles. The quantitative estimate of drug-likeness (QED) is 0.200. The van der Waals surface area contributed by atoms with Crippen LogP contribution >= 0.6 is 0 Å². The van der Waals surface area contributed by atoms with Crippen molar-refractivity contribution in [2.45, 2.75) is 70.8 Å². The molecule has 0 saturated carbocycles. The fourth-order valence-electron chi connectivity index (χ4n) is 2.12. The second-order valence-corrected chi connectivity index (χ2v) is 5.46. The lowest BCUT2D eigenvalue weighted by Gasteiger charge is -2.14. The molecule has 0 fully saturated rings. The van der Waals surface area contributed by atoms with Crippen LogP contribution in [0.4, 0.5) is 0 Å². The molecule has 0 spiro atoms. The number of rotatable bonds is 13. The first-order valence-corrected chi connectivity index (χ1v) is 8.07. The third-order valence-electron chi connectivity index (χ3n) is 3.38. The van der Waals surface area contributed by atoms with E-state index in [2.05, 4.69) is 17.6 Å². The van der Waals surface area contributed by atoms with Gasteiger partial charge in [-0.1, -0.05) is 39.0 Å². The van der Waals surface area contributed by atoms with Gasteiger partial charge in [0, 0.05) is 13.0 Å². The Morgan fingerprint density at radius 1 is 1.14 bits per heavy atom. The Bertz CT molecular complexity index is 348. The molecule has 6 N–H and O–H groups in total. The normalized spacial score (nSPS) is 11.7. The van der Waals surface area contributed by atoms with E-state index in [1.54, 1.807) is 0 Å². The Morgan fingerprint density at radius 3 is 2.36 bits per heavy atom. The molecule has 7 nitrogen and oxygen atoms in total. The average Bonchev–Trinajstić information content (AvgIpc) is 2.45. The van der Waals surface area contributed by atoms with Gasteiger partial charge in [-0.25, -0.2) is 4.79 Å². The lowest BCUT2D eigenvalue weighted by molar-refractivity contribution is -0.142. The van der Waals surface area contributed by atoms with Gasteiger partial charge < -0.3 is 21.5 Å². The van der Waals surface area contributed by atoms with Crippen LogP contribution in [0, 0.1) is 5.41 Å². The molecule has 0 aromatic heterocycles. The van der Waals surface area contributed by atoms with Crippen molar-refractivity contribution in [2.75, 3.05) is 6.54 Å². The summed E-state index contributed by atoms with van der Waals surface area (Å²) in [4.78, 5) is 22.9. The van der Waals surface area contributed by atoms with Crippen LogP contribution in [0.25, 0.3) is 0 Å². The van der Waals surface area contributed by atoms with E-state index in [-0.39, 0.29) is 11.9 Å². The number of nitrogens with two attached hydrogens (primary N) is 1. The van der Waals surface area contributed by atoms with Crippen LogP contribution in [0.3, 0.4) is 0 Å². The highest BCUT2D eigenvalue weighted by atomic mass is 16.4. The predicted octanol–water partition coefficient (Wildman–Crippen LogP) is 1.57. The number of carboxylic acid groups (broad SMARTS) is 1. The van der Waals surface area contributed by atoms with Gasteiger partial charge in [0.05, 0.1) is 0 Å². The smallest absolute Gasteiger partial charge is 0.326 e. The van der Waals surface area contributed by atoms with Crippen molar-refractivity contribution in [3.8, 4) is 0 Å². The molecule has 22 heavy (non-hydrogen) atoms. The second-order valence-electron chi connectivity index (χ2n) is 5.46. The van der Waals surface area contributed by atoms with Gasteiger partial charge in [0.15, 0.2) is 5.96 Å². The fourth-order valence-corrected chi connectivity index (χ4v) is 2.12. The summed E-state index contributed by atoms with van der Waals surface area (Å²) in [7, 11) is 0. The van der Waals surface area contributed by atoms with Gasteiger partial charge in [-0.3, -0.25) is 10.2 Å². The van der Waals surface area contributed by atoms with E-state index < -0.39 is 12.0 Å². The molecule has 1 atom stereocenters. The van der Waals surface area contributed by atoms with Crippen molar-refractivity contribution in [3.63, 3.8) is 0 Å². The zero-order valence-electron chi connectivity index (χ0n) is 13.5. The van der Waals surface area contributed by atoms with Crippen LogP contribution in [0.15, 0.2) is 0 Å². The highest BCUT2D eigenvalue weighted by molar-refractivity contribution is 5.83. The van der Waals surface area contributed by atoms with Gasteiger partial charge >= 0.3 is 5.97 Å². The van der Waals surface area contributed by atoms with Crippen LogP contribution in [0.1, 0.15) is 64.7 Å². The summed E-state index contributed by atoms with van der Waals surface area (Å²) in [5.41, 5.74) is 5.13. The number of carbonyl (C=O) groups is 2. The number of unbranched alkanes of at least 4 members (excludes halogenated alkanes) is 5. The van der Waals surface area contributed by atoms with Gasteiger partial charge in [0.2, 0.25) is 5.91 Å². The number of guanidine groups is 1. The summed E-state index contributed by atoms with van der Waals surface area (Å²) in [5, 5.41) is 21.3. The summed E-state index contributed by atoms with van der Waals surface area (Å²) in [5.74, 6) is -1.37. The molecule has 0 unspecified atom stereocenters. The first kappa shape index (κ1) is 20.2. The second kappa shape index (κ2) is 12.9. The van der Waals surface area contributed by atoms with E-state index in [9.17, 15) is 9.59 Å². The Labute approximate surface area is 132 Å². The minimum Gasteiger partial charge on any atom is -0.480 e. The molecule has 0 aromatic rings. The van der Waals surface area contributed by atoms with Crippen molar-refractivity contribution in [3.05, 3.63) is 0 Å². The monoisotopic (exact) mass is 314 g/mol. The molecule has 7 heteroatoms. The molecule has 0 saturated heterocycles. The largest absolute Gasteiger partial charge is 0.480 e. The molecule has 0 rings (SSSR count). The number of hydrogen-bond acceptors (Lipinski definition) is 3. The van der Waals surface area contributed by atoms with Crippen molar-refractivity contribution >= 4 is 17.8 Å². The van der Waals surface area contributed by atoms with Gasteiger partial charge in [0.1, 0.15) is 6.04 Å². The van der Waals surface area contributed by atoms with Crippen molar-refractivity contribution < 1.29 is 14.7 Å². The van der Waals surface area contributed by atoms with E-state index in [0.717, 1.165) is 19.3 Å². The number of hydrogen-bond donors (Lipinski definition) is 5. The Hall–Kier alpha value is -1.79. The lowest BCUT2D eigenvalue weighted by Crippen LogP contribution is -2.41. The van der Waals surface area contributed by atoms with Crippen LogP contribution < -0.4 is 16.4 Å². The van der Waals surface area contributed by atoms with Crippen LogP contribution in [0.5, 0.6) is 0 Å². The maximum atomic E-state index is 11.7.